The first kappa shape index (κ1) is 16.4. The molecule has 1 unspecified atom stereocenters. The lowest BCUT2D eigenvalue weighted by atomic mass is 10.1. The third-order valence-corrected chi connectivity index (χ3v) is 3.06. The minimum atomic E-state index is -0.826. The lowest BCUT2D eigenvalue weighted by Crippen LogP contribution is -2.46. The van der Waals surface area contributed by atoms with Crippen molar-refractivity contribution in [1.82, 2.24) is 5.32 Å². The molecule has 0 fully saturated rings. The number of nitro benzene ring substituents is 1. The van der Waals surface area contributed by atoms with Gasteiger partial charge in [0.15, 0.2) is 0 Å². The van der Waals surface area contributed by atoms with Gasteiger partial charge in [0.25, 0.3) is 5.69 Å². The van der Waals surface area contributed by atoms with Crippen molar-refractivity contribution in [3.05, 3.63) is 32.8 Å². The minimum absolute atomic E-state index is 0.0606. The van der Waals surface area contributed by atoms with E-state index in [4.69, 9.17) is 4.74 Å². The monoisotopic (exact) mass is 341 g/mol. The van der Waals surface area contributed by atoms with E-state index in [2.05, 4.69) is 27.3 Å². The number of nitrogens with zero attached hydrogens (tertiary/aromatic N) is 2. The van der Waals surface area contributed by atoms with Crippen LogP contribution in [-0.2, 0) is 0 Å². The van der Waals surface area contributed by atoms with Crippen LogP contribution in [0.2, 0.25) is 0 Å². The Morgan fingerprint density at radius 2 is 2.25 bits per heavy atom. The molecule has 0 saturated heterocycles. The molecule has 7 heteroatoms. The quantitative estimate of drug-likeness (QED) is 0.608. The van der Waals surface area contributed by atoms with Crippen LogP contribution in [0.1, 0.15) is 20.3 Å². The highest BCUT2D eigenvalue weighted by Gasteiger charge is 2.24. The predicted molar refractivity (Wildman–Crippen MR) is 78.6 cm³/mol. The SMILES string of the molecule is CCCNC(C)(C#N)COc1cc(Br)cc([N+](=O)[O-])c1. The normalized spacial score (nSPS) is 13.3. The number of halogens is 1. The maximum absolute atomic E-state index is 10.8. The highest BCUT2D eigenvalue weighted by Crippen LogP contribution is 2.26. The number of rotatable bonds is 7. The first-order chi connectivity index (χ1) is 9.40. The van der Waals surface area contributed by atoms with E-state index in [-0.39, 0.29) is 12.3 Å². The number of hydrogen-bond acceptors (Lipinski definition) is 5. The average molecular weight is 342 g/mol. The zero-order valence-corrected chi connectivity index (χ0v) is 12.9. The fraction of sp³-hybridized carbons (Fsp3) is 0.462. The number of non-ortho nitro benzene ring substituents is 1. The Hall–Kier alpha value is -1.65. The Labute approximate surface area is 126 Å². The lowest BCUT2D eigenvalue weighted by Gasteiger charge is -2.23. The van der Waals surface area contributed by atoms with E-state index in [0.717, 1.165) is 6.42 Å². The molecule has 0 saturated carbocycles. The fourth-order valence-electron chi connectivity index (χ4n) is 1.49. The van der Waals surface area contributed by atoms with Crippen LogP contribution < -0.4 is 10.1 Å². The molecule has 1 N–H and O–H groups in total. The molecule has 0 radical (unpaired) electrons. The standard InChI is InChI=1S/C13H16BrN3O3/c1-3-4-16-13(2,8-15)9-20-12-6-10(14)5-11(7-12)17(18)19/h5-7,16H,3-4,9H2,1-2H3. The summed E-state index contributed by atoms with van der Waals surface area (Å²) in [4.78, 5) is 10.3. The summed E-state index contributed by atoms with van der Waals surface area (Å²) in [5, 5.41) is 23.0. The highest BCUT2D eigenvalue weighted by atomic mass is 79.9. The Bertz CT molecular complexity index is 530. The maximum atomic E-state index is 10.8. The van der Waals surface area contributed by atoms with Gasteiger partial charge < -0.3 is 4.74 Å². The van der Waals surface area contributed by atoms with Crippen LogP contribution in [0.15, 0.2) is 22.7 Å². The van der Waals surface area contributed by atoms with Crippen molar-refractivity contribution >= 4 is 21.6 Å². The van der Waals surface area contributed by atoms with E-state index < -0.39 is 10.5 Å². The van der Waals surface area contributed by atoms with Gasteiger partial charge in [-0.25, -0.2) is 0 Å². The van der Waals surface area contributed by atoms with Gasteiger partial charge in [0, 0.05) is 10.5 Å². The summed E-state index contributed by atoms with van der Waals surface area (Å²) in [5.74, 6) is 0.353. The third-order valence-electron chi connectivity index (χ3n) is 2.61. The summed E-state index contributed by atoms with van der Waals surface area (Å²) >= 11 is 3.20. The number of nitrogens with one attached hydrogen (secondary N) is 1. The van der Waals surface area contributed by atoms with E-state index in [1.807, 2.05) is 6.92 Å². The Morgan fingerprint density at radius 3 is 2.80 bits per heavy atom. The summed E-state index contributed by atoms with van der Waals surface area (Å²) in [5.41, 5.74) is -0.887. The van der Waals surface area contributed by atoms with Crippen molar-refractivity contribution in [3.63, 3.8) is 0 Å². The minimum Gasteiger partial charge on any atom is -0.490 e. The number of nitro groups is 1. The van der Waals surface area contributed by atoms with Crippen molar-refractivity contribution in [2.45, 2.75) is 25.8 Å². The van der Waals surface area contributed by atoms with Gasteiger partial charge in [-0.05, 0) is 26.0 Å². The van der Waals surface area contributed by atoms with Gasteiger partial charge in [0.2, 0.25) is 0 Å². The molecule has 0 bridgehead atoms. The van der Waals surface area contributed by atoms with Gasteiger partial charge in [-0.15, -0.1) is 0 Å². The second-order valence-electron chi connectivity index (χ2n) is 4.56. The third kappa shape index (κ3) is 4.79. The smallest absolute Gasteiger partial charge is 0.274 e. The van der Waals surface area contributed by atoms with Crippen LogP contribution in [0, 0.1) is 21.4 Å². The van der Waals surface area contributed by atoms with E-state index in [1.54, 1.807) is 13.0 Å². The predicted octanol–water partition coefficient (Wildman–Crippen LogP) is 3.02. The second kappa shape index (κ2) is 7.22. The van der Waals surface area contributed by atoms with Crippen molar-refractivity contribution in [2.24, 2.45) is 0 Å². The molecule has 0 heterocycles. The zero-order valence-electron chi connectivity index (χ0n) is 11.4. The van der Waals surface area contributed by atoms with Crippen LogP contribution in [0.25, 0.3) is 0 Å². The molecule has 108 valence electrons. The molecule has 1 rings (SSSR count). The summed E-state index contributed by atoms with van der Waals surface area (Å²) in [6.07, 6.45) is 0.902. The van der Waals surface area contributed by atoms with Gasteiger partial charge in [0.05, 0.1) is 17.1 Å². The summed E-state index contributed by atoms with van der Waals surface area (Å²) < 4.78 is 6.07. The van der Waals surface area contributed by atoms with E-state index in [0.29, 0.717) is 16.8 Å². The number of nitriles is 1. The molecular weight excluding hydrogens is 326 g/mol. The molecule has 0 aliphatic carbocycles. The van der Waals surface area contributed by atoms with Crippen molar-refractivity contribution < 1.29 is 9.66 Å². The molecule has 1 atom stereocenters. The van der Waals surface area contributed by atoms with E-state index in [9.17, 15) is 15.4 Å². The van der Waals surface area contributed by atoms with Crippen molar-refractivity contribution in [2.75, 3.05) is 13.2 Å². The fourth-order valence-corrected chi connectivity index (χ4v) is 1.95. The summed E-state index contributed by atoms with van der Waals surface area (Å²) in [6.45, 7) is 4.54. The summed E-state index contributed by atoms with van der Waals surface area (Å²) in [6, 6.07) is 6.51. The molecule has 1 aromatic rings. The Morgan fingerprint density at radius 1 is 1.55 bits per heavy atom. The number of hydrogen-bond donors (Lipinski definition) is 1. The first-order valence-corrected chi connectivity index (χ1v) is 6.93. The highest BCUT2D eigenvalue weighted by molar-refractivity contribution is 9.10. The molecule has 1 aromatic carbocycles. The molecule has 20 heavy (non-hydrogen) atoms. The van der Waals surface area contributed by atoms with Crippen LogP contribution in [-0.4, -0.2) is 23.6 Å². The molecule has 0 aliphatic rings. The first-order valence-electron chi connectivity index (χ1n) is 6.14. The van der Waals surface area contributed by atoms with Gasteiger partial charge >= 0.3 is 0 Å². The molecule has 0 spiro atoms. The number of ether oxygens (including phenoxy) is 1. The van der Waals surface area contributed by atoms with Gasteiger partial charge in [-0.3, -0.25) is 15.4 Å². The maximum Gasteiger partial charge on any atom is 0.274 e. The lowest BCUT2D eigenvalue weighted by molar-refractivity contribution is -0.385. The molecule has 6 nitrogen and oxygen atoms in total. The average Bonchev–Trinajstić information content (AvgIpc) is 2.42. The largest absolute Gasteiger partial charge is 0.490 e. The van der Waals surface area contributed by atoms with E-state index >= 15 is 0 Å². The van der Waals surface area contributed by atoms with Gasteiger partial charge in [0.1, 0.15) is 17.9 Å². The molecule has 0 aromatic heterocycles. The second-order valence-corrected chi connectivity index (χ2v) is 5.48. The molecule has 0 aliphatic heterocycles. The molecule has 0 amide bonds. The van der Waals surface area contributed by atoms with Crippen molar-refractivity contribution in [3.8, 4) is 11.8 Å². The summed E-state index contributed by atoms with van der Waals surface area (Å²) in [7, 11) is 0. The Balaban J connectivity index is 2.78. The van der Waals surface area contributed by atoms with Crippen LogP contribution in [0.3, 0.4) is 0 Å². The van der Waals surface area contributed by atoms with Gasteiger partial charge in [-0.1, -0.05) is 22.9 Å². The topological polar surface area (TPSA) is 88.2 Å². The van der Waals surface area contributed by atoms with Crippen LogP contribution in [0.4, 0.5) is 5.69 Å². The number of benzene rings is 1. The van der Waals surface area contributed by atoms with E-state index in [1.165, 1.54) is 12.1 Å². The van der Waals surface area contributed by atoms with Crippen LogP contribution in [0.5, 0.6) is 5.75 Å². The van der Waals surface area contributed by atoms with Crippen LogP contribution >= 0.6 is 15.9 Å². The van der Waals surface area contributed by atoms with Gasteiger partial charge in [-0.2, -0.15) is 5.26 Å². The zero-order chi connectivity index (χ0) is 15.2. The van der Waals surface area contributed by atoms with Crippen molar-refractivity contribution in [1.29, 1.82) is 5.26 Å². The molecular formula is C13H16BrN3O3. The Kier molecular flexibility index (Phi) is 5.92.